The third-order valence-electron chi connectivity index (χ3n) is 5.21. The molecule has 2 nitrogen and oxygen atoms in total. The fourth-order valence-corrected chi connectivity index (χ4v) is 3.59. The number of carbonyl (C=O) groups is 1. The average molecular weight is 311 g/mol. The van der Waals surface area contributed by atoms with Crippen LogP contribution in [-0.4, -0.2) is 11.1 Å². The van der Waals surface area contributed by atoms with E-state index >= 15 is 0 Å². The van der Waals surface area contributed by atoms with Crippen molar-refractivity contribution in [2.45, 2.75) is 110 Å². The minimum absolute atomic E-state index is 0.348. The van der Waals surface area contributed by atoms with Crippen molar-refractivity contribution in [3.8, 4) is 0 Å². The molecule has 1 N–H and O–H groups in total. The molecule has 0 aromatic heterocycles. The molecule has 1 aliphatic rings. The number of unbranched alkanes of at least 4 members (excludes halogenated alkanes) is 10. The molecule has 1 rings (SSSR count). The molecule has 22 heavy (non-hydrogen) atoms. The van der Waals surface area contributed by atoms with Crippen LogP contribution in [0.5, 0.6) is 0 Å². The second-order valence-corrected chi connectivity index (χ2v) is 7.37. The second-order valence-electron chi connectivity index (χ2n) is 7.37. The molecular weight excluding hydrogens is 272 g/mol. The summed E-state index contributed by atoms with van der Waals surface area (Å²) < 4.78 is 0. The van der Waals surface area contributed by atoms with Gasteiger partial charge in [-0.2, -0.15) is 0 Å². The van der Waals surface area contributed by atoms with Crippen LogP contribution in [0.2, 0.25) is 0 Å². The maximum absolute atomic E-state index is 10.4. The van der Waals surface area contributed by atoms with Gasteiger partial charge in [-0.25, -0.2) is 0 Å². The molecule has 0 unspecified atom stereocenters. The summed E-state index contributed by atoms with van der Waals surface area (Å²) in [7, 11) is 0. The summed E-state index contributed by atoms with van der Waals surface area (Å²) in [4.78, 5) is 10.4. The Hall–Kier alpha value is -0.530. The summed E-state index contributed by atoms with van der Waals surface area (Å²) in [6.07, 6.45) is 20.6. The van der Waals surface area contributed by atoms with Crippen molar-refractivity contribution in [3.05, 3.63) is 0 Å². The molecule has 1 saturated carbocycles. The summed E-state index contributed by atoms with van der Waals surface area (Å²) in [5.74, 6) is 1.52. The van der Waals surface area contributed by atoms with E-state index < -0.39 is 5.97 Å². The van der Waals surface area contributed by atoms with Crippen molar-refractivity contribution in [2.24, 2.45) is 11.8 Å². The molecule has 0 bridgehead atoms. The monoisotopic (exact) mass is 310 g/mol. The molecule has 2 heteroatoms. The van der Waals surface area contributed by atoms with Crippen LogP contribution in [0.3, 0.4) is 0 Å². The second kappa shape index (κ2) is 13.0. The molecule has 0 spiro atoms. The fourth-order valence-electron chi connectivity index (χ4n) is 3.59. The van der Waals surface area contributed by atoms with E-state index in [1.54, 1.807) is 0 Å². The van der Waals surface area contributed by atoms with Gasteiger partial charge in [0.25, 0.3) is 0 Å². The maximum atomic E-state index is 10.4. The third-order valence-corrected chi connectivity index (χ3v) is 5.21. The lowest BCUT2D eigenvalue weighted by atomic mass is 10.0. The van der Waals surface area contributed by atoms with E-state index in [2.05, 4.69) is 6.92 Å². The van der Waals surface area contributed by atoms with Crippen molar-refractivity contribution in [2.75, 3.05) is 0 Å². The molecular formula is C20H38O2. The van der Waals surface area contributed by atoms with Gasteiger partial charge < -0.3 is 5.11 Å². The SMILES string of the molecule is CCCCCC[C@@H]1C[C@@H]1CCCCCCCCCCC(=O)O. The highest BCUT2D eigenvalue weighted by molar-refractivity contribution is 5.66. The Morgan fingerprint density at radius 2 is 1.23 bits per heavy atom. The largest absolute Gasteiger partial charge is 0.481 e. The summed E-state index contributed by atoms with van der Waals surface area (Å²) in [5.41, 5.74) is 0. The molecule has 0 radical (unpaired) electrons. The van der Waals surface area contributed by atoms with E-state index in [-0.39, 0.29) is 0 Å². The smallest absolute Gasteiger partial charge is 0.303 e. The zero-order valence-electron chi connectivity index (χ0n) is 14.8. The van der Waals surface area contributed by atoms with Gasteiger partial charge in [-0.15, -0.1) is 0 Å². The van der Waals surface area contributed by atoms with E-state index in [1.165, 1.54) is 83.5 Å². The molecule has 0 heterocycles. The molecule has 130 valence electrons. The van der Waals surface area contributed by atoms with E-state index in [0.717, 1.165) is 24.7 Å². The van der Waals surface area contributed by atoms with Crippen LogP contribution in [-0.2, 0) is 4.79 Å². The Morgan fingerprint density at radius 1 is 0.773 bits per heavy atom. The fraction of sp³-hybridized carbons (Fsp3) is 0.950. The third kappa shape index (κ3) is 11.1. The van der Waals surface area contributed by atoms with Gasteiger partial charge in [0, 0.05) is 6.42 Å². The normalized spacial score (nSPS) is 20.2. The van der Waals surface area contributed by atoms with Crippen molar-refractivity contribution >= 4 is 5.97 Å². The minimum Gasteiger partial charge on any atom is -0.481 e. The number of rotatable bonds is 16. The molecule has 0 aliphatic heterocycles. The van der Waals surface area contributed by atoms with Crippen LogP contribution < -0.4 is 0 Å². The quantitative estimate of drug-likeness (QED) is 0.327. The van der Waals surface area contributed by atoms with Gasteiger partial charge in [-0.3, -0.25) is 4.79 Å². The summed E-state index contributed by atoms with van der Waals surface area (Å²) in [6, 6.07) is 0. The van der Waals surface area contributed by atoms with Crippen molar-refractivity contribution in [1.29, 1.82) is 0 Å². The maximum Gasteiger partial charge on any atom is 0.303 e. The van der Waals surface area contributed by atoms with Crippen LogP contribution in [0.4, 0.5) is 0 Å². The van der Waals surface area contributed by atoms with Gasteiger partial charge in [-0.05, 0) is 24.7 Å². The Bertz CT molecular complexity index is 275. The summed E-state index contributed by atoms with van der Waals surface area (Å²) >= 11 is 0. The van der Waals surface area contributed by atoms with Crippen molar-refractivity contribution in [1.82, 2.24) is 0 Å². The lowest BCUT2D eigenvalue weighted by Crippen LogP contribution is -1.93. The Kier molecular flexibility index (Phi) is 11.5. The highest BCUT2D eigenvalue weighted by Gasteiger charge is 2.34. The van der Waals surface area contributed by atoms with Gasteiger partial charge in [0.2, 0.25) is 0 Å². The lowest BCUT2D eigenvalue weighted by molar-refractivity contribution is -0.137. The van der Waals surface area contributed by atoms with Crippen molar-refractivity contribution in [3.63, 3.8) is 0 Å². The van der Waals surface area contributed by atoms with Gasteiger partial charge >= 0.3 is 5.97 Å². The first-order valence-corrected chi connectivity index (χ1v) is 9.95. The van der Waals surface area contributed by atoms with Gasteiger partial charge in [-0.1, -0.05) is 90.4 Å². The number of hydrogen-bond donors (Lipinski definition) is 1. The predicted octanol–water partition coefficient (Wildman–Crippen LogP) is 6.58. The number of carboxylic acids is 1. The topological polar surface area (TPSA) is 37.3 Å². The summed E-state index contributed by atoms with van der Waals surface area (Å²) in [6.45, 7) is 2.29. The first-order valence-electron chi connectivity index (χ1n) is 9.95. The van der Waals surface area contributed by atoms with E-state index in [0.29, 0.717) is 6.42 Å². The van der Waals surface area contributed by atoms with Crippen molar-refractivity contribution < 1.29 is 9.90 Å². The molecule has 0 saturated heterocycles. The first kappa shape index (κ1) is 19.5. The first-order chi connectivity index (χ1) is 10.7. The highest BCUT2D eigenvalue weighted by Crippen LogP contribution is 2.45. The molecule has 0 aromatic rings. The zero-order valence-corrected chi connectivity index (χ0v) is 14.8. The molecule has 0 amide bonds. The zero-order chi connectivity index (χ0) is 16.0. The van der Waals surface area contributed by atoms with Gasteiger partial charge in [0.1, 0.15) is 0 Å². The van der Waals surface area contributed by atoms with Gasteiger partial charge in [0.15, 0.2) is 0 Å². The minimum atomic E-state index is -0.649. The van der Waals surface area contributed by atoms with Crippen LogP contribution in [0.15, 0.2) is 0 Å². The average Bonchev–Trinajstić information content (AvgIpc) is 3.24. The van der Waals surface area contributed by atoms with Crippen LogP contribution in [0.1, 0.15) is 110 Å². The molecule has 1 aliphatic carbocycles. The Morgan fingerprint density at radius 3 is 1.73 bits per heavy atom. The Labute approximate surface area is 138 Å². The van der Waals surface area contributed by atoms with Crippen LogP contribution in [0, 0.1) is 11.8 Å². The number of carboxylic acid groups (broad SMARTS) is 1. The van der Waals surface area contributed by atoms with Crippen LogP contribution >= 0.6 is 0 Å². The van der Waals surface area contributed by atoms with E-state index in [9.17, 15) is 4.79 Å². The molecule has 2 atom stereocenters. The van der Waals surface area contributed by atoms with E-state index in [4.69, 9.17) is 5.11 Å². The number of hydrogen-bond acceptors (Lipinski definition) is 1. The predicted molar refractivity (Wildman–Crippen MR) is 94.2 cm³/mol. The van der Waals surface area contributed by atoms with Crippen LogP contribution in [0.25, 0.3) is 0 Å². The molecule has 1 fully saturated rings. The van der Waals surface area contributed by atoms with Gasteiger partial charge in [0.05, 0.1) is 0 Å². The lowest BCUT2D eigenvalue weighted by Gasteiger charge is -2.03. The number of aliphatic carboxylic acids is 1. The summed E-state index contributed by atoms with van der Waals surface area (Å²) in [5, 5.41) is 8.55. The molecule has 0 aromatic carbocycles. The van der Waals surface area contributed by atoms with E-state index in [1.807, 2.05) is 0 Å². The Balaban J connectivity index is 1.73. The highest BCUT2D eigenvalue weighted by atomic mass is 16.4. The standard InChI is InChI=1S/C20H38O2/c1-2-3-4-11-14-18-17-19(18)15-12-9-7-5-6-8-10-13-16-20(21)22/h18-19H,2-17H2,1H3,(H,21,22)/t18-,19+/m1/s1.